The number of benzene rings is 1. The van der Waals surface area contributed by atoms with Crippen LogP contribution in [0.4, 0.5) is 0 Å². The van der Waals surface area contributed by atoms with Gasteiger partial charge in [0.25, 0.3) is 0 Å². The number of hydrogen-bond acceptors (Lipinski definition) is 2. The molecule has 0 saturated carbocycles. The number of hydrogen-bond donors (Lipinski definition) is 1. The summed E-state index contributed by atoms with van der Waals surface area (Å²) in [6, 6.07) is 7.06. The first-order valence-corrected chi connectivity index (χ1v) is 6.10. The molecule has 66 valence electrons. The number of halogens is 1. The zero-order valence-electron chi connectivity index (χ0n) is 6.71. The Labute approximate surface area is 81.1 Å². The van der Waals surface area contributed by atoms with Gasteiger partial charge in [-0.1, -0.05) is 22.9 Å². The molecule has 1 N–H and O–H groups in total. The van der Waals surface area contributed by atoms with Crippen LogP contribution >= 0.6 is 15.9 Å². The average molecular weight is 248 g/mol. The maximum Gasteiger partial charge on any atom is 0.0723 e. The standard InChI is InChI=1S/C8H10BrNOS/c1-2-12(10,11)8-5-3-7(9)4-6-8/h3-6,10H,2H2,1H3/t12-/m0/s1. The van der Waals surface area contributed by atoms with Crippen molar-refractivity contribution in [2.45, 2.75) is 11.8 Å². The molecule has 0 heterocycles. The molecule has 0 aliphatic carbocycles. The first-order valence-electron chi connectivity index (χ1n) is 3.58. The lowest BCUT2D eigenvalue weighted by molar-refractivity contribution is 0.675. The average Bonchev–Trinajstić information content (AvgIpc) is 2.05. The Balaban J connectivity index is 3.14. The van der Waals surface area contributed by atoms with Crippen LogP contribution in [0.3, 0.4) is 0 Å². The predicted molar refractivity (Wildman–Crippen MR) is 53.8 cm³/mol. The van der Waals surface area contributed by atoms with Gasteiger partial charge < -0.3 is 0 Å². The smallest absolute Gasteiger partial charge is 0.0723 e. The van der Waals surface area contributed by atoms with Gasteiger partial charge >= 0.3 is 0 Å². The van der Waals surface area contributed by atoms with Crippen molar-refractivity contribution in [3.05, 3.63) is 28.7 Å². The molecule has 0 radical (unpaired) electrons. The van der Waals surface area contributed by atoms with E-state index in [4.69, 9.17) is 4.78 Å². The summed E-state index contributed by atoms with van der Waals surface area (Å²) in [6.45, 7) is 1.76. The summed E-state index contributed by atoms with van der Waals surface area (Å²) in [5.74, 6) is 0.370. The van der Waals surface area contributed by atoms with Crippen molar-refractivity contribution < 1.29 is 4.21 Å². The lowest BCUT2D eigenvalue weighted by Crippen LogP contribution is -2.00. The van der Waals surface area contributed by atoms with Crippen LogP contribution in [0, 0.1) is 4.78 Å². The molecule has 1 atom stereocenters. The Morgan fingerprint density at radius 1 is 1.42 bits per heavy atom. The van der Waals surface area contributed by atoms with Gasteiger partial charge in [-0.05, 0) is 24.3 Å². The molecule has 0 fully saturated rings. The van der Waals surface area contributed by atoms with E-state index in [0.29, 0.717) is 10.6 Å². The Kier molecular flexibility index (Phi) is 2.90. The molecule has 0 amide bonds. The molecule has 0 unspecified atom stereocenters. The highest BCUT2D eigenvalue weighted by molar-refractivity contribution is 9.10. The van der Waals surface area contributed by atoms with Gasteiger partial charge in [0.1, 0.15) is 0 Å². The molecule has 1 rings (SSSR count). The van der Waals surface area contributed by atoms with Crippen molar-refractivity contribution in [2.75, 3.05) is 5.75 Å². The third kappa shape index (κ3) is 2.08. The topological polar surface area (TPSA) is 40.9 Å². The molecule has 4 heteroatoms. The molecular weight excluding hydrogens is 238 g/mol. The van der Waals surface area contributed by atoms with Crippen LogP contribution in [0.1, 0.15) is 6.92 Å². The fourth-order valence-corrected chi connectivity index (χ4v) is 1.99. The lowest BCUT2D eigenvalue weighted by Gasteiger charge is -2.03. The van der Waals surface area contributed by atoms with Gasteiger partial charge in [0.2, 0.25) is 0 Å². The summed E-state index contributed by atoms with van der Waals surface area (Å²) in [5, 5.41) is 0. The molecule has 0 saturated heterocycles. The Morgan fingerprint density at radius 2 is 1.92 bits per heavy atom. The lowest BCUT2D eigenvalue weighted by atomic mass is 10.4. The molecular formula is C8H10BrNOS. The monoisotopic (exact) mass is 247 g/mol. The van der Waals surface area contributed by atoms with Crippen molar-refractivity contribution in [1.82, 2.24) is 0 Å². The van der Waals surface area contributed by atoms with Gasteiger partial charge in [0.05, 0.1) is 9.73 Å². The highest BCUT2D eigenvalue weighted by Gasteiger charge is 2.05. The first-order chi connectivity index (χ1) is 5.56. The summed E-state index contributed by atoms with van der Waals surface area (Å²) in [5.41, 5.74) is 0. The van der Waals surface area contributed by atoms with Gasteiger partial charge in [0.15, 0.2) is 0 Å². The molecule has 0 aliphatic rings. The molecule has 12 heavy (non-hydrogen) atoms. The minimum absolute atomic E-state index is 0.370. The molecule has 1 aromatic rings. The van der Waals surface area contributed by atoms with Gasteiger partial charge in [0, 0.05) is 15.1 Å². The van der Waals surface area contributed by atoms with Crippen LogP contribution in [0.15, 0.2) is 33.6 Å². The van der Waals surface area contributed by atoms with Crippen molar-refractivity contribution in [1.29, 1.82) is 4.78 Å². The van der Waals surface area contributed by atoms with E-state index < -0.39 is 9.73 Å². The highest BCUT2D eigenvalue weighted by atomic mass is 79.9. The second-order valence-electron chi connectivity index (χ2n) is 2.42. The van der Waals surface area contributed by atoms with Gasteiger partial charge in [-0.2, -0.15) is 0 Å². The third-order valence-corrected chi connectivity index (χ3v) is 3.98. The molecule has 0 aliphatic heterocycles. The quantitative estimate of drug-likeness (QED) is 0.858. The second kappa shape index (κ2) is 3.58. The summed E-state index contributed by atoms with van der Waals surface area (Å²) in [6.07, 6.45) is 0. The Hall–Kier alpha value is -0.350. The van der Waals surface area contributed by atoms with Crippen LogP contribution in [0.2, 0.25) is 0 Å². The minimum Gasteiger partial charge on any atom is -0.249 e. The van der Waals surface area contributed by atoms with E-state index in [1.165, 1.54) is 0 Å². The van der Waals surface area contributed by atoms with Gasteiger partial charge in [-0.25, -0.2) is 8.99 Å². The molecule has 1 aromatic carbocycles. The van der Waals surface area contributed by atoms with Crippen LogP contribution in [0.25, 0.3) is 0 Å². The zero-order chi connectivity index (χ0) is 9.19. The van der Waals surface area contributed by atoms with Gasteiger partial charge in [-0.15, -0.1) is 0 Å². The van der Waals surface area contributed by atoms with Gasteiger partial charge in [-0.3, -0.25) is 0 Å². The van der Waals surface area contributed by atoms with Crippen LogP contribution < -0.4 is 0 Å². The van der Waals surface area contributed by atoms with Crippen LogP contribution in [-0.2, 0) is 9.73 Å². The second-order valence-corrected chi connectivity index (χ2v) is 5.73. The van der Waals surface area contributed by atoms with Crippen molar-refractivity contribution in [2.24, 2.45) is 0 Å². The molecule has 0 spiro atoms. The van der Waals surface area contributed by atoms with E-state index in [1.807, 2.05) is 0 Å². The number of nitrogens with one attached hydrogen (secondary N) is 1. The maximum atomic E-state index is 11.5. The first kappa shape index (κ1) is 9.74. The summed E-state index contributed by atoms with van der Waals surface area (Å²) >= 11 is 3.28. The largest absolute Gasteiger partial charge is 0.249 e. The molecule has 0 aromatic heterocycles. The molecule has 2 nitrogen and oxygen atoms in total. The van der Waals surface area contributed by atoms with Crippen LogP contribution in [0.5, 0.6) is 0 Å². The van der Waals surface area contributed by atoms with Crippen molar-refractivity contribution in [3.8, 4) is 0 Å². The molecule has 0 bridgehead atoms. The maximum absolute atomic E-state index is 11.5. The normalized spacial score (nSPS) is 15.5. The zero-order valence-corrected chi connectivity index (χ0v) is 9.11. The fraction of sp³-hybridized carbons (Fsp3) is 0.250. The summed E-state index contributed by atoms with van der Waals surface area (Å²) in [4.78, 5) is 0.605. The third-order valence-electron chi connectivity index (χ3n) is 1.60. The Morgan fingerprint density at radius 3 is 2.33 bits per heavy atom. The Bertz CT molecular complexity index is 355. The summed E-state index contributed by atoms with van der Waals surface area (Å²) in [7, 11) is -2.54. The fourth-order valence-electron chi connectivity index (χ4n) is 0.821. The van der Waals surface area contributed by atoms with Crippen molar-refractivity contribution >= 4 is 25.7 Å². The van der Waals surface area contributed by atoms with E-state index in [2.05, 4.69) is 15.9 Å². The van der Waals surface area contributed by atoms with E-state index in [0.717, 1.165) is 4.47 Å². The SMILES string of the molecule is CC[S@](=N)(=O)c1ccc(Br)cc1. The van der Waals surface area contributed by atoms with E-state index >= 15 is 0 Å². The van der Waals surface area contributed by atoms with Crippen molar-refractivity contribution in [3.63, 3.8) is 0 Å². The van der Waals surface area contributed by atoms with E-state index in [-0.39, 0.29) is 0 Å². The predicted octanol–water partition coefficient (Wildman–Crippen LogP) is 2.87. The highest BCUT2D eigenvalue weighted by Crippen LogP contribution is 2.15. The van der Waals surface area contributed by atoms with E-state index in [1.54, 1.807) is 31.2 Å². The van der Waals surface area contributed by atoms with E-state index in [9.17, 15) is 4.21 Å². The van der Waals surface area contributed by atoms with Crippen LogP contribution in [-0.4, -0.2) is 9.96 Å². The number of rotatable bonds is 2. The minimum atomic E-state index is -2.54. The summed E-state index contributed by atoms with van der Waals surface area (Å²) < 4.78 is 20.0.